The topological polar surface area (TPSA) is 69.2 Å². The molecule has 0 saturated heterocycles. The van der Waals surface area contributed by atoms with Gasteiger partial charge >= 0.3 is 0 Å². The normalized spacial score (nSPS) is 10.9. The molecule has 0 unspecified atom stereocenters. The quantitative estimate of drug-likeness (QED) is 0.634. The van der Waals surface area contributed by atoms with Crippen LogP contribution in [0.5, 0.6) is 0 Å². The maximum atomic E-state index is 12.9. The van der Waals surface area contributed by atoms with E-state index in [1.54, 1.807) is 6.08 Å². The lowest BCUT2D eigenvalue weighted by Crippen LogP contribution is -1.97. The largest absolute Gasteiger partial charge is 0.330 e. The van der Waals surface area contributed by atoms with Gasteiger partial charge in [-0.1, -0.05) is 12.2 Å². The van der Waals surface area contributed by atoms with Crippen molar-refractivity contribution in [1.29, 1.82) is 0 Å². The third-order valence-electron chi connectivity index (χ3n) is 1.90. The molecule has 6 heteroatoms. The van der Waals surface area contributed by atoms with Crippen molar-refractivity contribution in [2.75, 3.05) is 6.54 Å². The van der Waals surface area contributed by atoms with Crippen LogP contribution in [0.25, 0.3) is 6.08 Å². The fraction of sp³-hybridized carbons (Fsp3) is 0.200. The summed E-state index contributed by atoms with van der Waals surface area (Å²) in [5, 5.41) is 10.6. The van der Waals surface area contributed by atoms with Gasteiger partial charge < -0.3 is 5.73 Å². The fourth-order valence-corrected chi connectivity index (χ4v) is 1.15. The van der Waals surface area contributed by atoms with Crippen LogP contribution < -0.4 is 5.73 Å². The molecule has 0 aliphatic carbocycles. The van der Waals surface area contributed by atoms with Crippen LogP contribution in [0.3, 0.4) is 0 Å². The molecule has 2 N–H and O–H groups in total. The Bertz CT molecular complexity index is 433. The Labute approximate surface area is 90.5 Å². The van der Waals surface area contributed by atoms with E-state index in [0.29, 0.717) is 19.0 Å². The maximum absolute atomic E-state index is 12.9. The molecule has 0 saturated carbocycles. The van der Waals surface area contributed by atoms with E-state index in [2.05, 4.69) is 0 Å². The van der Waals surface area contributed by atoms with Crippen LogP contribution in [0, 0.1) is 21.7 Å². The molecule has 0 bridgehead atoms. The molecule has 86 valence electrons. The van der Waals surface area contributed by atoms with E-state index in [1.165, 1.54) is 6.08 Å². The van der Waals surface area contributed by atoms with Crippen LogP contribution in [0.2, 0.25) is 0 Å². The lowest BCUT2D eigenvalue weighted by molar-refractivity contribution is -0.385. The smallest absolute Gasteiger partial charge is 0.279 e. The summed E-state index contributed by atoms with van der Waals surface area (Å²) in [6.45, 7) is 0.383. The Morgan fingerprint density at radius 2 is 2.00 bits per heavy atom. The molecule has 1 aromatic carbocycles. The average Bonchev–Trinajstić information content (AvgIpc) is 2.23. The van der Waals surface area contributed by atoms with Gasteiger partial charge in [0.05, 0.1) is 16.6 Å². The summed E-state index contributed by atoms with van der Waals surface area (Å²) in [5.74, 6) is -2.35. The Kier molecular flexibility index (Phi) is 4.07. The first-order valence-corrected chi connectivity index (χ1v) is 4.56. The number of hydrogen-bond donors (Lipinski definition) is 1. The van der Waals surface area contributed by atoms with Crippen LogP contribution >= 0.6 is 0 Å². The monoisotopic (exact) mass is 228 g/mol. The molecule has 4 nitrogen and oxygen atoms in total. The molecular formula is C10H10F2N2O2. The number of halogens is 2. The second kappa shape index (κ2) is 5.32. The zero-order valence-electron chi connectivity index (χ0n) is 8.32. The van der Waals surface area contributed by atoms with Crippen LogP contribution in [0.15, 0.2) is 18.2 Å². The molecule has 16 heavy (non-hydrogen) atoms. The molecule has 0 atom stereocenters. The summed E-state index contributed by atoms with van der Waals surface area (Å²) in [7, 11) is 0. The van der Waals surface area contributed by atoms with Gasteiger partial charge in [-0.3, -0.25) is 10.1 Å². The van der Waals surface area contributed by atoms with Crippen LogP contribution in [0.4, 0.5) is 14.5 Å². The highest BCUT2D eigenvalue weighted by molar-refractivity contribution is 5.61. The number of hydrogen-bond acceptors (Lipinski definition) is 3. The number of rotatable bonds is 4. The van der Waals surface area contributed by atoms with Gasteiger partial charge in [0, 0.05) is 0 Å². The number of nitro benzene ring substituents is 1. The SMILES string of the molecule is NCCC=Cc1cc(F)c(F)cc1[N+](=O)[O-]. The van der Waals surface area contributed by atoms with E-state index >= 15 is 0 Å². The van der Waals surface area contributed by atoms with Crippen LogP contribution in [0.1, 0.15) is 12.0 Å². The predicted molar refractivity (Wildman–Crippen MR) is 55.7 cm³/mol. The lowest BCUT2D eigenvalue weighted by Gasteiger charge is -1.99. The summed E-state index contributed by atoms with van der Waals surface area (Å²) in [4.78, 5) is 9.82. The highest BCUT2D eigenvalue weighted by atomic mass is 19.2. The number of benzene rings is 1. The van der Waals surface area contributed by atoms with E-state index in [4.69, 9.17) is 5.73 Å². The average molecular weight is 228 g/mol. The van der Waals surface area contributed by atoms with Gasteiger partial charge in [-0.15, -0.1) is 0 Å². The highest BCUT2D eigenvalue weighted by Crippen LogP contribution is 2.23. The summed E-state index contributed by atoms with van der Waals surface area (Å²) in [6.07, 6.45) is 3.43. The minimum atomic E-state index is -1.23. The predicted octanol–water partition coefficient (Wildman–Crippen LogP) is 2.24. The number of nitrogens with two attached hydrogens (primary N) is 1. The van der Waals surface area contributed by atoms with Crippen molar-refractivity contribution in [3.63, 3.8) is 0 Å². The minimum absolute atomic E-state index is 0.0253. The van der Waals surface area contributed by atoms with E-state index in [-0.39, 0.29) is 5.56 Å². The molecule has 0 fully saturated rings. The zero-order valence-corrected chi connectivity index (χ0v) is 8.32. The Balaban J connectivity index is 3.14. The maximum Gasteiger partial charge on any atom is 0.279 e. The third kappa shape index (κ3) is 2.83. The zero-order chi connectivity index (χ0) is 12.1. The summed E-state index contributed by atoms with van der Waals surface area (Å²) >= 11 is 0. The van der Waals surface area contributed by atoms with Crippen molar-refractivity contribution in [2.24, 2.45) is 5.73 Å². The van der Waals surface area contributed by atoms with Gasteiger partial charge in [0.15, 0.2) is 11.6 Å². The van der Waals surface area contributed by atoms with E-state index in [0.717, 1.165) is 6.07 Å². The Morgan fingerprint density at radius 3 is 2.56 bits per heavy atom. The van der Waals surface area contributed by atoms with Crippen molar-refractivity contribution in [3.8, 4) is 0 Å². The van der Waals surface area contributed by atoms with Gasteiger partial charge in [0.25, 0.3) is 5.69 Å². The Hall–Kier alpha value is -1.82. The molecule has 0 aliphatic heterocycles. The van der Waals surface area contributed by atoms with Crippen molar-refractivity contribution >= 4 is 11.8 Å². The van der Waals surface area contributed by atoms with E-state index in [9.17, 15) is 18.9 Å². The lowest BCUT2D eigenvalue weighted by atomic mass is 10.1. The standard InChI is InChI=1S/C10H10F2N2O2/c11-8-5-7(3-1-2-4-13)10(14(15)16)6-9(8)12/h1,3,5-6H,2,4,13H2. The molecule has 0 aliphatic rings. The van der Waals surface area contributed by atoms with Crippen molar-refractivity contribution in [1.82, 2.24) is 0 Å². The molecular weight excluding hydrogens is 218 g/mol. The van der Waals surface area contributed by atoms with Crippen molar-refractivity contribution in [3.05, 3.63) is 45.5 Å². The molecule has 1 rings (SSSR count). The van der Waals surface area contributed by atoms with Gasteiger partial charge in [0.2, 0.25) is 0 Å². The van der Waals surface area contributed by atoms with Crippen LogP contribution in [-0.2, 0) is 0 Å². The molecule has 0 heterocycles. The molecule has 0 amide bonds. The summed E-state index contributed by atoms with van der Waals surface area (Å²) < 4.78 is 25.7. The van der Waals surface area contributed by atoms with E-state index in [1.807, 2.05) is 0 Å². The first-order chi connectivity index (χ1) is 7.56. The molecule has 0 spiro atoms. The third-order valence-corrected chi connectivity index (χ3v) is 1.90. The second-order valence-corrected chi connectivity index (χ2v) is 3.06. The van der Waals surface area contributed by atoms with E-state index < -0.39 is 22.2 Å². The first kappa shape index (κ1) is 12.3. The van der Waals surface area contributed by atoms with Crippen molar-refractivity contribution < 1.29 is 13.7 Å². The Morgan fingerprint density at radius 1 is 1.38 bits per heavy atom. The second-order valence-electron chi connectivity index (χ2n) is 3.06. The van der Waals surface area contributed by atoms with Crippen molar-refractivity contribution in [2.45, 2.75) is 6.42 Å². The highest BCUT2D eigenvalue weighted by Gasteiger charge is 2.16. The number of nitro groups is 1. The van der Waals surface area contributed by atoms with Gasteiger partial charge in [-0.2, -0.15) is 0 Å². The fourth-order valence-electron chi connectivity index (χ4n) is 1.15. The first-order valence-electron chi connectivity index (χ1n) is 4.56. The van der Waals surface area contributed by atoms with Gasteiger partial charge in [-0.05, 0) is 19.0 Å². The number of nitrogens with zero attached hydrogens (tertiary/aromatic N) is 1. The summed E-state index contributed by atoms with van der Waals surface area (Å²) in [5.41, 5.74) is 4.79. The molecule has 0 radical (unpaired) electrons. The summed E-state index contributed by atoms with van der Waals surface area (Å²) in [6, 6.07) is 1.36. The van der Waals surface area contributed by atoms with Gasteiger partial charge in [0.1, 0.15) is 0 Å². The minimum Gasteiger partial charge on any atom is -0.330 e. The van der Waals surface area contributed by atoms with Gasteiger partial charge in [-0.25, -0.2) is 8.78 Å². The van der Waals surface area contributed by atoms with Crippen LogP contribution in [-0.4, -0.2) is 11.5 Å². The molecule has 0 aromatic heterocycles. The molecule has 1 aromatic rings.